The van der Waals surface area contributed by atoms with E-state index in [0.717, 1.165) is 34.9 Å². The van der Waals surface area contributed by atoms with Gasteiger partial charge >= 0.3 is 0 Å². The summed E-state index contributed by atoms with van der Waals surface area (Å²) < 4.78 is 13.5. The average molecular weight is 467 g/mol. The molecule has 0 saturated heterocycles. The van der Waals surface area contributed by atoms with Gasteiger partial charge < -0.3 is 19.4 Å². The second kappa shape index (κ2) is 10.3. The van der Waals surface area contributed by atoms with Crippen LogP contribution in [0.3, 0.4) is 0 Å². The highest BCUT2D eigenvalue weighted by Crippen LogP contribution is 2.34. The van der Waals surface area contributed by atoms with Gasteiger partial charge in [0.05, 0.1) is 25.0 Å². The van der Waals surface area contributed by atoms with Crippen LogP contribution < -0.4 is 14.8 Å². The smallest absolute Gasteiger partial charge is 0.230 e. The zero-order valence-corrected chi connectivity index (χ0v) is 20.3. The second-order valence-electron chi connectivity index (χ2n) is 8.57. The first-order chi connectivity index (χ1) is 15.9. The van der Waals surface area contributed by atoms with E-state index in [-0.39, 0.29) is 23.6 Å². The summed E-state index contributed by atoms with van der Waals surface area (Å²) in [6, 6.07) is 14.0. The summed E-state index contributed by atoms with van der Waals surface area (Å²) in [5.74, 6) is 2.70. The normalized spacial score (nSPS) is 14.1. The summed E-state index contributed by atoms with van der Waals surface area (Å²) in [5.41, 5.74) is 3.20. The Morgan fingerprint density at radius 1 is 1.09 bits per heavy atom. The topological polar surface area (TPSA) is 78.3 Å². The van der Waals surface area contributed by atoms with E-state index in [2.05, 4.69) is 48.4 Å². The van der Waals surface area contributed by atoms with Crippen molar-refractivity contribution >= 4 is 17.7 Å². The predicted octanol–water partition coefficient (Wildman–Crippen LogP) is 4.56. The number of fused-ring (bicyclic) bond motifs is 1. The van der Waals surface area contributed by atoms with E-state index >= 15 is 0 Å². The molecule has 0 fully saturated rings. The molecule has 3 aromatic rings. The molecule has 1 N–H and O–H groups in total. The van der Waals surface area contributed by atoms with E-state index in [1.807, 2.05) is 41.9 Å². The molecule has 4 rings (SSSR count). The third-order valence-electron chi connectivity index (χ3n) is 5.59. The zero-order chi connectivity index (χ0) is 23.4. The fourth-order valence-electron chi connectivity index (χ4n) is 3.75. The fraction of sp³-hybridized carbons (Fsp3) is 0.400. The van der Waals surface area contributed by atoms with E-state index in [4.69, 9.17) is 9.47 Å². The van der Waals surface area contributed by atoms with Crippen LogP contribution in [0.15, 0.2) is 47.6 Å². The number of benzene rings is 2. The lowest BCUT2D eigenvalue weighted by Gasteiger charge is -2.24. The van der Waals surface area contributed by atoms with Crippen molar-refractivity contribution in [2.24, 2.45) is 13.0 Å². The first kappa shape index (κ1) is 23.2. The van der Waals surface area contributed by atoms with Gasteiger partial charge in [-0.2, -0.15) is 0 Å². The number of aromatic nitrogens is 3. The summed E-state index contributed by atoms with van der Waals surface area (Å²) >= 11 is 1.38. The molecule has 7 nitrogen and oxygen atoms in total. The number of rotatable bonds is 7. The minimum atomic E-state index is -0.127. The largest absolute Gasteiger partial charge is 0.490 e. The molecule has 0 unspecified atom stereocenters. The van der Waals surface area contributed by atoms with Crippen LogP contribution in [-0.2, 0) is 11.8 Å². The van der Waals surface area contributed by atoms with Crippen LogP contribution in [0.2, 0.25) is 0 Å². The molecule has 2 aromatic carbocycles. The molecule has 0 bridgehead atoms. The highest BCUT2D eigenvalue weighted by atomic mass is 32.2. The van der Waals surface area contributed by atoms with Gasteiger partial charge in [-0.25, -0.2) is 0 Å². The van der Waals surface area contributed by atoms with E-state index in [0.29, 0.717) is 18.4 Å². The molecule has 1 aliphatic rings. The maximum Gasteiger partial charge on any atom is 0.230 e. The van der Waals surface area contributed by atoms with Crippen LogP contribution in [0.5, 0.6) is 11.5 Å². The van der Waals surface area contributed by atoms with Crippen molar-refractivity contribution in [1.82, 2.24) is 20.1 Å². The van der Waals surface area contributed by atoms with Crippen LogP contribution >= 0.6 is 11.8 Å². The fourth-order valence-corrected chi connectivity index (χ4v) is 4.47. The zero-order valence-electron chi connectivity index (χ0n) is 19.5. The number of thioether (sulfide) groups is 1. The summed E-state index contributed by atoms with van der Waals surface area (Å²) in [6.07, 6.45) is 0.860. The molecule has 2 heterocycles. The summed E-state index contributed by atoms with van der Waals surface area (Å²) in [5, 5.41) is 12.5. The second-order valence-corrected chi connectivity index (χ2v) is 9.51. The number of nitrogens with one attached hydrogen (secondary N) is 1. The van der Waals surface area contributed by atoms with Crippen molar-refractivity contribution in [3.63, 3.8) is 0 Å². The molecular formula is C25H30N4O3S. The summed E-state index contributed by atoms with van der Waals surface area (Å²) in [7, 11) is 1.92. The molecule has 0 spiro atoms. The van der Waals surface area contributed by atoms with Crippen molar-refractivity contribution in [3.05, 3.63) is 53.6 Å². The van der Waals surface area contributed by atoms with Crippen LogP contribution in [0, 0.1) is 12.8 Å². The molecule has 8 heteroatoms. The Bertz CT molecular complexity index is 1110. The van der Waals surface area contributed by atoms with E-state index in [1.54, 1.807) is 0 Å². The molecular weight excluding hydrogens is 436 g/mol. The molecule has 0 radical (unpaired) electrons. The molecule has 1 aromatic heterocycles. The van der Waals surface area contributed by atoms with Crippen molar-refractivity contribution < 1.29 is 14.3 Å². The summed E-state index contributed by atoms with van der Waals surface area (Å²) in [6.45, 7) is 7.53. The molecule has 1 amide bonds. The molecule has 1 atom stereocenters. The molecule has 33 heavy (non-hydrogen) atoms. The Balaban J connectivity index is 1.41. The highest BCUT2D eigenvalue weighted by Gasteiger charge is 2.22. The number of carbonyl (C=O) groups is 1. The molecule has 174 valence electrons. The maximum absolute atomic E-state index is 12.8. The predicted molar refractivity (Wildman–Crippen MR) is 130 cm³/mol. The number of carbonyl (C=O) groups excluding carboxylic acids is 1. The standard InChI is InChI=1S/C25H30N4O3S/c1-16(2)23(19-10-11-20-21(14-19)32-13-5-12-31-20)26-22(30)15-33-25-28-27-24(29(25)4)18-8-6-17(3)7-9-18/h6-11,14,16,23H,5,12-13,15H2,1-4H3,(H,26,30)/t23-/m1/s1. The van der Waals surface area contributed by atoms with Gasteiger partial charge in [0, 0.05) is 19.0 Å². The average Bonchev–Trinajstić information content (AvgIpc) is 3.01. The minimum Gasteiger partial charge on any atom is -0.490 e. The lowest BCUT2D eigenvalue weighted by atomic mass is 9.95. The number of ether oxygens (including phenoxy) is 2. The number of nitrogens with zero attached hydrogens (tertiary/aromatic N) is 3. The minimum absolute atomic E-state index is 0.0503. The van der Waals surface area contributed by atoms with Crippen LogP contribution in [-0.4, -0.2) is 39.6 Å². The van der Waals surface area contributed by atoms with Gasteiger partial charge in [-0.15, -0.1) is 10.2 Å². The number of hydrogen-bond donors (Lipinski definition) is 1. The van der Waals surface area contributed by atoms with Crippen molar-refractivity contribution in [1.29, 1.82) is 0 Å². The summed E-state index contributed by atoms with van der Waals surface area (Å²) in [4.78, 5) is 12.8. The first-order valence-electron chi connectivity index (χ1n) is 11.2. The Morgan fingerprint density at radius 2 is 1.82 bits per heavy atom. The van der Waals surface area contributed by atoms with Gasteiger partial charge in [0.15, 0.2) is 22.5 Å². The lowest BCUT2D eigenvalue weighted by Crippen LogP contribution is -2.33. The molecule has 0 aliphatic carbocycles. The van der Waals surface area contributed by atoms with Gasteiger partial charge in [0.2, 0.25) is 5.91 Å². The SMILES string of the molecule is Cc1ccc(-c2nnc(SCC(=O)N[C@@H](c3ccc4c(c3)OCCCO4)C(C)C)n2C)cc1. The number of hydrogen-bond acceptors (Lipinski definition) is 6. The van der Waals surface area contributed by atoms with Crippen molar-refractivity contribution in [3.8, 4) is 22.9 Å². The Hall–Kier alpha value is -3.00. The van der Waals surface area contributed by atoms with Crippen LogP contribution in [0.4, 0.5) is 0 Å². The Kier molecular flexibility index (Phi) is 7.23. The third kappa shape index (κ3) is 5.50. The molecule has 1 aliphatic heterocycles. The Morgan fingerprint density at radius 3 is 2.55 bits per heavy atom. The van der Waals surface area contributed by atoms with Crippen molar-refractivity contribution in [2.45, 2.75) is 38.4 Å². The third-order valence-corrected chi connectivity index (χ3v) is 6.61. The van der Waals surface area contributed by atoms with Gasteiger partial charge in [0.25, 0.3) is 0 Å². The highest BCUT2D eigenvalue weighted by molar-refractivity contribution is 7.99. The van der Waals surface area contributed by atoms with E-state index in [9.17, 15) is 4.79 Å². The lowest BCUT2D eigenvalue weighted by molar-refractivity contribution is -0.119. The van der Waals surface area contributed by atoms with Crippen molar-refractivity contribution in [2.75, 3.05) is 19.0 Å². The number of aryl methyl sites for hydroxylation is 1. The van der Waals surface area contributed by atoms with Gasteiger partial charge in [-0.05, 0) is 30.5 Å². The van der Waals surface area contributed by atoms with E-state index < -0.39 is 0 Å². The van der Waals surface area contributed by atoms with Gasteiger partial charge in [0.1, 0.15) is 0 Å². The Labute approximate surface area is 198 Å². The van der Waals surface area contributed by atoms with Gasteiger partial charge in [-0.3, -0.25) is 4.79 Å². The van der Waals surface area contributed by atoms with Crippen LogP contribution in [0.1, 0.15) is 37.4 Å². The quantitative estimate of drug-likeness (QED) is 0.515. The van der Waals surface area contributed by atoms with Crippen LogP contribution in [0.25, 0.3) is 11.4 Å². The maximum atomic E-state index is 12.8. The molecule has 0 saturated carbocycles. The number of amides is 1. The van der Waals surface area contributed by atoms with Gasteiger partial charge in [-0.1, -0.05) is 61.5 Å². The van der Waals surface area contributed by atoms with E-state index in [1.165, 1.54) is 17.3 Å². The first-order valence-corrected chi connectivity index (χ1v) is 12.2. The monoisotopic (exact) mass is 466 g/mol.